The molecule has 14 heteroatoms. The lowest BCUT2D eigenvalue weighted by molar-refractivity contribution is -0.112. The Kier molecular flexibility index (Phi) is 6.80. The zero-order valence-electron chi connectivity index (χ0n) is 25.6. The van der Waals surface area contributed by atoms with Crippen LogP contribution in [0.5, 0.6) is 6.01 Å². The second-order valence-corrected chi connectivity index (χ2v) is 14.9. The van der Waals surface area contributed by atoms with Crippen molar-refractivity contribution in [3.63, 3.8) is 0 Å². The van der Waals surface area contributed by atoms with Gasteiger partial charge in [0.1, 0.15) is 28.1 Å². The van der Waals surface area contributed by atoms with Crippen LogP contribution in [0.1, 0.15) is 44.1 Å². The Morgan fingerprint density at radius 3 is 2.60 bits per heavy atom. The Bertz CT molecular complexity index is 1960. The van der Waals surface area contributed by atoms with Gasteiger partial charge < -0.3 is 25.4 Å². The third-order valence-corrected chi connectivity index (χ3v) is 11.7. The fourth-order valence-electron chi connectivity index (χ4n) is 8.02. The number of ether oxygens (including phenoxy) is 2. The van der Waals surface area contributed by atoms with E-state index in [0.717, 1.165) is 75.6 Å². The number of benzene rings is 1. The summed E-state index contributed by atoms with van der Waals surface area (Å²) in [7, 11) is 0. The topological polar surface area (TPSA) is 125 Å². The molecular formula is C33H33F3N8O2S. The number of nitriles is 1. The predicted molar refractivity (Wildman–Crippen MR) is 171 cm³/mol. The molecule has 4 atom stereocenters. The molecule has 1 aliphatic carbocycles. The van der Waals surface area contributed by atoms with Crippen molar-refractivity contribution in [3.8, 4) is 23.3 Å². The normalized spacial score (nSPS) is 26.3. The zero-order valence-corrected chi connectivity index (χ0v) is 26.4. The minimum Gasteiger partial charge on any atom is -0.463 e. The minimum atomic E-state index is -1.19. The zero-order chi connectivity index (χ0) is 32.0. The highest BCUT2D eigenvalue weighted by atomic mass is 32.1. The van der Waals surface area contributed by atoms with Gasteiger partial charge in [-0.1, -0.05) is 0 Å². The third-order valence-electron chi connectivity index (χ3n) is 10.7. The van der Waals surface area contributed by atoms with Crippen molar-refractivity contribution in [1.29, 1.82) is 5.26 Å². The van der Waals surface area contributed by atoms with E-state index in [1.54, 1.807) is 0 Å². The fourth-order valence-corrected chi connectivity index (χ4v) is 8.99. The van der Waals surface area contributed by atoms with Crippen molar-refractivity contribution >= 4 is 43.1 Å². The van der Waals surface area contributed by atoms with Gasteiger partial charge >= 0.3 is 6.01 Å². The van der Waals surface area contributed by atoms with Gasteiger partial charge in [0.15, 0.2) is 17.5 Å². The molecule has 10 rings (SSSR count). The summed E-state index contributed by atoms with van der Waals surface area (Å²) >= 11 is 0.745. The Labute approximate surface area is 272 Å². The van der Waals surface area contributed by atoms with Crippen molar-refractivity contribution in [2.75, 3.05) is 50.0 Å². The van der Waals surface area contributed by atoms with Crippen LogP contribution in [0, 0.1) is 34.2 Å². The van der Waals surface area contributed by atoms with Crippen LogP contribution >= 0.6 is 11.3 Å². The van der Waals surface area contributed by atoms with Crippen LogP contribution in [0.4, 0.5) is 24.0 Å². The van der Waals surface area contributed by atoms with E-state index in [1.807, 2.05) is 6.07 Å². The molecule has 5 saturated heterocycles. The summed E-state index contributed by atoms with van der Waals surface area (Å²) < 4.78 is 58.5. The number of nitrogens with two attached hydrogens (primary N) is 1. The molecule has 1 saturated carbocycles. The molecule has 6 fully saturated rings. The molecule has 0 spiro atoms. The number of thiophene rings is 1. The van der Waals surface area contributed by atoms with Gasteiger partial charge in [-0.2, -0.15) is 15.2 Å². The molecule has 10 nitrogen and oxygen atoms in total. The monoisotopic (exact) mass is 662 g/mol. The van der Waals surface area contributed by atoms with Crippen LogP contribution in [-0.2, 0) is 4.74 Å². The van der Waals surface area contributed by atoms with Crippen LogP contribution in [0.2, 0.25) is 0 Å². The molecule has 1 aromatic carbocycles. The summed E-state index contributed by atoms with van der Waals surface area (Å²) in [5.41, 5.74) is 5.57. The van der Waals surface area contributed by atoms with E-state index < -0.39 is 17.5 Å². The first-order valence-electron chi connectivity index (χ1n) is 16.3. The Hall–Kier alpha value is -3.77. The molecule has 4 aromatic rings. The van der Waals surface area contributed by atoms with Crippen molar-refractivity contribution < 1.29 is 22.6 Å². The van der Waals surface area contributed by atoms with E-state index >= 15 is 4.39 Å². The smallest absolute Gasteiger partial charge is 0.319 e. The number of nitrogen functional groups attached to an aromatic ring is 1. The van der Waals surface area contributed by atoms with E-state index in [-0.39, 0.29) is 48.9 Å². The molecule has 8 heterocycles. The molecule has 47 heavy (non-hydrogen) atoms. The molecular weight excluding hydrogens is 629 g/mol. The molecule has 0 radical (unpaired) electrons. The number of piperazine rings is 1. The number of pyridine rings is 1. The summed E-state index contributed by atoms with van der Waals surface area (Å²) in [5.74, 6) is -2.63. The Morgan fingerprint density at radius 2 is 1.91 bits per heavy atom. The molecule has 5 aliphatic heterocycles. The standard InChI is InChI=1S/C33H33F3N8O2S/c34-23-7-20(24-21(8-37)30(38)47-29(24)25(23)35)27-26(36)28-22(9-39-27)31(43-10-16-1-2-17(11-43)40-16)42-32(41-28)46-15-33(5-6-33)14-44-12-19-4-3-18(44)13-45-19/h7,9,16-19,40H,1-6,10-15,38H2. The van der Waals surface area contributed by atoms with Gasteiger partial charge in [0.05, 0.1) is 35.0 Å². The number of piperidine rings is 1. The molecule has 0 amide bonds. The van der Waals surface area contributed by atoms with Gasteiger partial charge in [-0.05, 0) is 44.6 Å². The number of fused-ring (bicyclic) bond motifs is 7. The van der Waals surface area contributed by atoms with Crippen LogP contribution in [0.3, 0.4) is 0 Å². The molecule has 244 valence electrons. The lowest BCUT2D eigenvalue weighted by Crippen LogP contribution is -2.56. The van der Waals surface area contributed by atoms with Crippen molar-refractivity contribution in [3.05, 3.63) is 35.3 Å². The van der Waals surface area contributed by atoms with Crippen LogP contribution in [-0.4, -0.2) is 83.5 Å². The summed E-state index contributed by atoms with van der Waals surface area (Å²) in [6.45, 7) is 4.42. The number of rotatable bonds is 7. The average Bonchev–Trinajstić information content (AvgIpc) is 3.64. The number of nitrogens with one attached hydrogen (secondary N) is 1. The number of halogens is 3. The average molecular weight is 663 g/mol. The summed E-state index contributed by atoms with van der Waals surface area (Å²) in [5, 5.41) is 13.9. The van der Waals surface area contributed by atoms with Gasteiger partial charge in [-0.15, -0.1) is 11.3 Å². The van der Waals surface area contributed by atoms with Crippen molar-refractivity contribution in [1.82, 2.24) is 25.2 Å². The summed E-state index contributed by atoms with van der Waals surface area (Å²) in [6.07, 6.45) is 8.20. The summed E-state index contributed by atoms with van der Waals surface area (Å²) in [4.78, 5) is 18.5. The first kappa shape index (κ1) is 29.4. The second kappa shape index (κ2) is 10.9. The van der Waals surface area contributed by atoms with E-state index in [2.05, 4.69) is 25.1 Å². The van der Waals surface area contributed by atoms with E-state index in [4.69, 9.17) is 20.2 Å². The SMILES string of the molecule is N#Cc1c(N)sc2c(F)c(F)cc(-c3ncc4c(N5CC6CCC(C5)N6)nc(OCC5(CN6CC7CCC6CO7)CC5)nc4c3F)c12. The highest BCUT2D eigenvalue weighted by molar-refractivity contribution is 7.23. The number of morpholine rings is 1. The lowest BCUT2D eigenvalue weighted by Gasteiger charge is -2.46. The highest BCUT2D eigenvalue weighted by Gasteiger charge is 2.48. The van der Waals surface area contributed by atoms with Crippen LogP contribution < -0.4 is 20.7 Å². The highest BCUT2D eigenvalue weighted by Crippen LogP contribution is 2.48. The number of hydrogen-bond acceptors (Lipinski definition) is 11. The maximum Gasteiger partial charge on any atom is 0.319 e. The lowest BCUT2D eigenvalue weighted by atomic mass is 9.95. The van der Waals surface area contributed by atoms with Gasteiger partial charge in [-0.3, -0.25) is 9.88 Å². The minimum absolute atomic E-state index is 0.0157. The fraction of sp³-hybridized carbons (Fsp3) is 0.515. The Balaban J connectivity index is 1.12. The van der Waals surface area contributed by atoms with Gasteiger partial charge in [0.25, 0.3) is 0 Å². The summed E-state index contributed by atoms with van der Waals surface area (Å²) in [6, 6.07) is 3.92. The van der Waals surface area contributed by atoms with E-state index in [0.29, 0.717) is 55.1 Å². The molecule has 4 bridgehead atoms. The van der Waals surface area contributed by atoms with Gasteiger partial charge in [0.2, 0.25) is 0 Å². The number of anilines is 2. The number of aromatic nitrogens is 3. The first-order chi connectivity index (χ1) is 22.8. The predicted octanol–water partition coefficient (Wildman–Crippen LogP) is 4.74. The molecule has 3 N–H and O–H groups in total. The maximum atomic E-state index is 16.7. The van der Waals surface area contributed by atoms with E-state index in [1.165, 1.54) is 6.20 Å². The molecule has 6 aliphatic rings. The van der Waals surface area contributed by atoms with Crippen LogP contribution in [0.25, 0.3) is 32.2 Å². The number of hydrogen-bond donors (Lipinski definition) is 2. The quantitative estimate of drug-likeness (QED) is 0.287. The van der Waals surface area contributed by atoms with E-state index in [9.17, 15) is 14.0 Å². The third kappa shape index (κ3) is 4.89. The maximum absolute atomic E-state index is 16.7. The Morgan fingerprint density at radius 1 is 1.11 bits per heavy atom. The molecule has 4 unspecified atom stereocenters. The van der Waals surface area contributed by atoms with Gasteiger partial charge in [0, 0.05) is 66.9 Å². The van der Waals surface area contributed by atoms with Gasteiger partial charge in [-0.25, -0.2) is 13.2 Å². The number of nitrogens with zero attached hydrogens (tertiary/aromatic N) is 6. The van der Waals surface area contributed by atoms with Crippen LogP contribution in [0.15, 0.2) is 12.3 Å². The first-order valence-corrected chi connectivity index (χ1v) is 17.1. The largest absolute Gasteiger partial charge is 0.463 e. The second-order valence-electron chi connectivity index (χ2n) is 13.8. The van der Waals surface area contributed by atoms with Crippen molar-refractivity contribution in [2.24, 2.45) is 5.41 Å². The molecule has 3 aromatic heterocycles. The van der Waals surface area contributed by atoms with Crippen molar-refractivity contribution in [2.45, 2.75) is 62.8 Å².